The van der Waals surface area contributed by atoms with Crippen LogP contribution in [0, 0.1) is 11.3 Å². The second-order valence-electron chi connectivity index (χ2n) is 4.83. The summed E-state index contributed by atoms with van der Waals surface area (Å²) < 4.78 is 23.2. The first-order valence-electron chi connectivity index (χ1n) is 5.81. The van der Waals surface area contributed by atoms with E-state index in [9.17, 15) is 8.42 Å². The van der Waals surface area contributed by atoms with Crippen LogP contribution in [0.15, 0.2) is 0 Å². The zero-order chi connectivity index (χ0) is 12.9. The molecule has 1 aliphatic rings. The van der Waals surface area contributed by atoms with E-state index in [1.54, 1.807) is 0 Å². The molecule has 0 radical (unpaired) electrons. The van der Waals surface area contributed by atoms with Crippen molar-refractivity contribution < 1.29 is 8.42 Å². The molecule has 1 rings (SSSR count). The third-order valence-electron chi connectivity index (χ3n) is 3.65. The number of alkyl halides is 2. The fraction of sp³-hybridized carbons (Fsp3) is 1.00. The van der Waals surface area contributed by atoms with E-state index < -0.39 is 9.84 Å². The maximum Gasteiger partial charge on any atom is 0.150 e. The van der Waals surface area contributed by atoms with Crippen LogP contribution in [0.5, 0.6) is 0 Å². The first-order valence-corrected chi connectivity index (χ1v) is 11.3. The largest absolute Gasteiger partial charge is 0.229 e. The molecular formula is C11H20Br2O2S2. The molecule has 102 valence electrons. The summed E-state index contributed by atoms with van der Waals surface area (Å²) in [6, 6.07) is 0. The summed E-state index contributed by atoms with van der Waals surface area (Å²) in [4.78, 5) is 0. The molecule has 1 unspecified atom stereocenters. The van der Waals surface area contributed by atoms with E-state index in [0.29, 0.717) is 17.4 Å². The number of sulfone groups is 1. The van der Waals surface area contributed by atoms with Gasteiger partial charge in [0, 0.05) is 10.7 Å². The standard InChI is InChI=1S/C11H20Br2O2S2/c1-16-5-2-4-11(8-12,9-13)10-3-6-17(14,15)7-10/h10H,2-9H2,1H3. The Bertz CT molecular complexity index is 326. The fourth-order valence-corrected chi connectivity index (χ4v) is 7.22. The van der Waals surface area contributed by atoms with Crippen molar-refractivity contribution in [1.82, 2.24) is 0 Å². The Morgan fingerprint density at radius 3 is 2.41 bits per heavy atom. The van der Waals surface area contributed by atoms with Crippen molar-refractivity contribution in [3.8, 4) is 0 Å². The molecule has 17 heavy (non-hydrogen) atoms. The molecule has 0 amide bonds. The molecule has 0 saturated carbocycles. The van der Waals surface area contributed by atoms with Gasteiger partial charge in [-0.2, -0.15) is 11.8 Å². The zero-order valence-electron chi connectivity index (χ0n) is 10.1. The highest BCUT2D eigenvalue weighted by molar-refractivity contribution is 9.09. The average Bonchev–Trinajstić information content (AvgIpc) is 2.66. The highest BCUT2D eigenvalue weighted by Gasteiger charge is 2.42. The van der Waals surface area contributed by atoms with Gasteiger partial charge in [0.25, 0.3) is 0 Å². The van der Waals surface area contributed by atoms with Crippen LogP contribution < -0.4 is 0 Å². The number of hydrogen-bond acceptors (Lipinski definition) is 3. The molecule has 0 aromatic rings. The van der Waals surface area contributed by atoms with Crippen molar-refractivity contribution in [3.63, 3.8) is 0 Å². The number of halogens is 2. The van der Waals surface area contributed by atoms with Crippen LogP contribution in [0.4, 0.5) is 0 Å². The molecule has 1 atom stereocenters. The topological polar surface area (TPSA) is 34.1 Å². The van der Waals surface area contributed by atoms with Gasteiger partial charge in [-0.05, 0) is 42.6 Å². The van der Waals surface area contributed by atoms with E-state index in [1.165, 1.54) is 0 Å². The number of hydrogen-bond donors (Lipinski definition) is 0. The first kappa shape index (κ1) is 16.3. The minimum Gasteiger partial charge on any atom is -0.229 e. The smallest absolute Gasteiger partial charge is 0.150 e. The summed E-state index contributed by atoms with van der Waals surface area (Å²) in [7, 11) is -2.78. The van der Waals surface area contributed by atoms with E-state index in [2.05, 4.69) is 38.1 Å². The van der Waals surface area contributed by atoms with Crippen LogP contribution in [-0.2, 0) is 9.84 Å². The van der Waals surface area contributed by atoms with E-state index in [1.807, 2.05) is 11.8 Å². The second kappa shape index (κ2) is 7.15. The van der Waals surface area contributed by atoms with Gasteiger partial charge in [-0.3, -0.25) is 0 Å². The molecule has 0 aromatic heterocycles. The van der Waals surface area contributed by atoms with Crippen LogP contribution in [0.3, 0.4) is 0 Å². The molecule has 1 aliphatic heterocycles. The van der Waals surface area contributed by atoms with Gasteiger partial charge in [-0.25, -0.2) is 8.42 Å². The molecule has 1 saturated heterocycles. The van der Waals surface area contributed by atoms with Crippen molar-refractivity contribution in [3.05, 3.63) is 0 Å². The Hall–Kier alpha value is 1.26. The number of rotatable bonds is 7. The van der Waals surface area contributed by atoms with Crippen molar-refractivity contribution >= 4 is 53.5 Å². The van der Waals surface area contributed by atoms with E-state index in [-0.39, 0.29) is 5.41 Å². The Morgan fingerprint density at radius 2 is 2.00 bits per heavy atom. The van der Waals surface area contributed by atoms with Gasteiger partial charge in [0.1, 0.15) is 0 Å². The Morgan fingerprint density at radius 1 is 1.35 bits per heavy atom. The predicted octanol–water partition coefficient (Wildman–Crippen LogP) is 3.34. The lowest BCUT2D eigenvalue weighted by atomic mass is 9.75. The lowest BCUT2D eigenvalue weighted by Gasteiger charge is -2.35. The van der Waals surface area contributed by atoms with Crippen LogP contribution in [0.2, 0.25) is 0 Å². The Balaban J connectivity index is 2.70. The lowest BCUT2D eigenvalue weighted by molar-refractivity contribution is 0.233. The normalized spacial score (nSPS) is 24.1. The van der Waals surface area contributed by atoms with E-state index >= 15 is 0 Å². The average molecular weight is 408 g/mol. The molecule has 1 fully saturated rings. The zero-order valence-corrected chi connectivity index (χ0v) is 14.9. The van der Waals surface area contributed by atoms with Gasteiger partial charge in [-0.15, -0.1) is 0 Å². The molecule has 0 spiro atoms. The SMILES string of the molecule is CSCCCC(CBr)(CBr)C1CCS(=O)(=O)C1. The second-order valence-corrected chi connectivity index (χ2v) is 9.16. The monoisotopic (exact) mass is 406 g/mol. The maximum atomic E-state index is 11.6. The van der Waals surface area contributed by atoms with Gasteiger partial charge in [0.05, 0.1) is 11.5 Å². The molecule has 6 heteroatoms. The van der Waals surface area contributed by atoms with Gasteiger partial charge in [-0.1, -0.05) is 31.9 Å². The third-order valence-corrected chi connectivity index (χ3v) is 8.35. The van der Waals surface area contributed by atoms with Crippen LogP contribution in [-0.4, -0.2) is 42.6 Å². The van der Waals surface area contributed by atoms with Crippen molar-refractivity contribution in [2.45, 2.75) is 19.3 Å². The Kier molecular flexibility index (Phi) is 6.86. The molecule has 0 bridgehead atoms. The quantitative estimate of drug-likeness (QED) is 0.479. The molecule has 0 N–H and O–H groups in total. The molecule has 1 heterocycles. The molecule has 0 aliphatic carbocycles. The minimum atomic E-state index is -2.78. The van der Waals surface area contributed by atoms with Gasteiger partial charge in [0.15, 0.2) is 9.84 Å². The fourth-order valence-electron chi connectivity index (χ4n) is 2.44. The summed E-state index contributed by atoms with van der Waals surface area (Å²) in [5.41, 5.74) is 0.110. The highest BCUT2D eigenvalue weighted by atomic mass is 79.9. The summed E-state index contributed by atoms with van der Waals surface area (Å²) in [6.07, 6.45) is 5.21. The predicted molar refractivity (Wildman–Crippen MR) is 84.4 cm³/mol. The van der Waals surface area contributed by atoms with Gasteiger partial charge < -0.3 is 0 Å². The van der Waals surface area contributed by atoms with E-state index in [0.717, 1.165) is 35.7 Å². The van der Waals surface area contributed by atoms with Crippen LogP contribution in [0.1, 0.15) is 19.3 Å². The molecule has 2 nitrogen and oxygen atoms in total. The summed E-state index contributed by atoms with van der Waals surface area (Å²) >= 11 is 9.06. The van der Waals surface area contributed by atoms with Gasteiger partial charge >= 0.3 is 0 Å². The lowest BCUT2D eigenvalue weighted by Crippen LogP contribution is -2.35. The first-order chi connectivity index (χ1) is 7.99. The summed E-state index contributed by atoms with van der Waals surface area (Å²) in [6.45, 7) is 0. The maximum absolute atomic E-state index is 11.6. The molecular weight excluding hydrogens is 388 g/mol. The van der Waals surface area contributed by atoms with Crippen molar-refractivity contribution in [1.29, 1.82) is 0 Å². The van der Waals surface area contributed by atoms with Crippen LogP contribution >= 0.6 is 43.6 Å². The summed E-state index contributed by atoms with van der Waals surface area (Å²) in [5, 5.41) is 1.78. The Labute approximate surface area is 126 Å². The third kappa shape index (κ3) is 4.39. The summed E-state index contributed by atoms with van der Waals surface area (Å²) in [5.74, 6) is 2.22. The van der Waals surface area contributed by atoms with Gasteiger partial charge in [0.2, 0.25) is 0 Å². The van der Waals surface area contributed by atoms with Crippen molar-refractivity contribution in [2.75, 3.05) is 34.2 Å². The number of thioether (sulfide) groups is 1. The highest BCUT2D eigenvalue weighted by Crippen LogP contribution is 2.42. The van der Waals surface area contributed by atoms with Crippen LogP contribution in [0.25, 0.3) is 0 Å². The minimum absolute atomic E-state index is 0.110. The van der Waals surface area contributed by atoms with Crippen molar-refractivity contribution in [2.24, 2.45) is 11.3 Å². The van der Waals surface area contributed by atoms with E-state index in [4.69, 9.17) is 0 Å². The molecule has 0 aromatic carbocycles.